The molecular weight excluding hydrogens is 294 g/mol. The summed E-state index contributed by atoms with van der Waals surface area (Å²) in [5.74, 6) is -0.0871. The second kappa shape index (κ2) is 6.49. The minimum absolute atomic E-state index is 0.0871. The highest BCUT2D eigenvalue weighted by Gasteiger charge is 2.08. The van der Waals surface area contributed by atoms with Crippen molar-refractivity contribution in [2.24, 2.45) is 0 Å². The van der Waals surface area contributed by atoms with E-state index in [1.165, 1.54) is 0 Å². The van der Waals surface area contributed by atoms with E-state index in [0.717, 1.165) is 21.8 Å². The van der Waals surface area contributed by atoms with Crippen LogP contribution in [-0.4, -0.2) is 15.9 Å². The van der Waals surface area contributed by atoms with Crippen molar-refractivity contribution in [1.82, 2.24) is 15.3 Å². The molecule has 4 nitrogen and oxygen atoms in total. The smallest absolute Gasteiger partial charge is 0.251 e. The molecule has 0 spiro atoms. The predicted molar refractivity (Wildman–Crippen MR) is 87.7 cm³/mol. The molecule has 0 aliphatic carbocycles. The van der Waals surface area contributed by atoms with Crippen LogP contribution in [0.2, 0.25) is 0 Å². The summed E-state index contributed by atoms with van der Waals surface area (Å²) in [4.78, 5) is 20.7. The predicted octanol–water partition coefficient (Wildman–Crippen LogP) is 3.44. The monoisotopic (exact) mass is 309 g/mol. The van der Waals surface area contributed by atoms with Crippen molar-refractivity contribution in [1.29, 1.82) is 0 Å². The number of pyridine rings is 1. The quantitative estimate of drug-likeness (QED) is 0.803. The molecule has 0 saturated carbocycles. The highest BCUT2D eigenvalue weighted by atomic mass is 32.1. The number of rotatable bonds is 4. The van der Waals surface area contributed by atoms with Gasteiger partial charge in [0.25, 0.3) is 5.91 Å². The zero-order valence-electron chi connectivity index (χ0n) is 12.1. The molecule has 0 bridgehead atoms. The van der Waals surface area contributed by atoms with Crippen molar-refractivity contribution in [2.75, 3.05) is 0 Å². The van der Waals surface area contributed by atoms with E-state index in [1.807, 2.05) is 48.7 Å². The summed E-state index contributed by atoms with van der Waals surface area (Å²) in [5.41, 5.74) is 3.64. The molecular formula is C17H15N3OS. The molecule has 0 saturated heterocycles. The molecule has 0 unspecified atom stereocenters. The van der Waals surface area contributed by atoms with E-state index in [9.17, 15) is 4.79 Å². The van der Waals surface area contributed by atoms with Crippen LogP contribution in [0, 0.1) is 6.92 Å². The second-order valence-corrected chi connectivity index (χ2v) is 5.79. The lowest BCUT2D eigenvalue weighted by Gasteiger charge is -2.03. The lowest BCUT2D eigenvalue weighted by atomic mass is 10.1. The van der Waals surface area contributed by atoms with E-state index in [4.69, 9.17) is 0 Å². The molecule has 3 rings (SSSR count). The number of nitrogens with one attached hydrogen (secondary N) is 1. The van der Waals surface area contributed by atoms with Gasteiger partial charge in [-0.1, -0.05) is 17.7 Å². The molecule has 0 fully saturated rings. The molecule has 1 aromatic carbocycles. The third-order valence-electron chi connectivity index (χ3n) is 3.20. The van der Waals surface area contributed by atoms with E-state index in [-0.39, 0.29) is 5.91 Å². The van der Waals surface area contributed by atoms with Gasteiger partial charge < -0.3 is 5.32 Å². The molecule has 0 radical (unpaired) electrons. The number of carbonyl (C=O) groups excluding carboxylic acids is 1. The first-order chi connectivity index (χ1) is 10.7. The zero-order valence-corrected chi connectivity index (χ0v) is 12.9. The van der Waals surface area contributed by atoms with Crippen LogP contribution >= 0.6 is 11.3 Å². The number of hydrogen-bond acceptors (Lipinski definition) is 4. The number of aromatic nitrogens is 2. The average Bonchev–Trinajstić information content (AvgIpc) is 3.03. The van der Waals surface area contributed by atoms with Crippen LogP contribution in [0.1, 0.15) is 21.6 Å². The molecule has 3 aromatic rings. The summed E-state index contributed by atoms with van der Waals surface area (Å²) < 4.78 is 0. The molecule has 2 heterocycles. The Balaban J connectivity index is 1.64. The van der Waals surface area contributed by atoms with Crippen LogP contribution < -0.4 is 5.32 Å². The zero-order chi connectivity index (χ0) is 15.4. The molecule has 110 valence electrons. The first kappa shape index (κ1) is 14.4. The maximum absolute atomic E-state index is 12.1. The van der Waals surface area contributed by atoms with Gasteiger partial charge in [0, 0.05) is 28.9 Å². The fourth-order valence-corrected chi connectivity index (χ4v) is 2.80. The van der Waals surface area contributed by atoms with Gasteiger partial charge in [0.05, 0.1) is 12.2 Å². The Kier molecular flexibility index (Phi) is 4.25. The highest BCUT2D eigenvalue weighted by molar-refractivity contribution is 7.13. The van der Waals surface area contributed by atoms with Gasteiger partial charge in [-0.2, -0.15) is 0 Å². The normalized spacial score (nSPS) is 10.4. The maximum atomic E-state index is 12.1. The molecule has 0 aliphatic heterocycles. The van der Waals surface area contributed by atoms with E-state index in [1.54, 1.807) is 23.7 Å². The Morgan fingerprint density at radius 2 is 2.05 bits per heavy atom. The minimum Gasteiger partial charge on any atom is -0.346 e. The Bertz CT molecular complexity index is 766. The Labute approximate surface area is 132 Å². The second-order valence-electron chi connectivity index (χ2n) is 4.93. The summed E-state index contributed by atoms with van der Waals surface area (Å²) in [6.07, 6.45) is 3.52. The lowest BCUT2D eigenvalue weighted by Crippen LogP contribution is -2.22. The maximum Gasteiger partial charge on any atom is 0.251 e. The minimum atomic E-state index is -0.0871. The number of amides is 1. The van der Waals surface area contributed by atoms with Gasteiger partial charge in [-0.3, -0.25) is 9.78 Å². The van der Waals surface area contributed by atoms with Gasteiger partial charge in [0.15, 0.2) is 0 Å². The molecule has 22 heavy (non-hydrogen) atoms. The summed E-state index contributed by atoms with van der Waals surface area (Å²) in [7, 11) is 0. The van der Waals surface area contributed by atoms with Crippen molar-refractivity contribution >= 4 is 17.2 Å². The largest absolute Gasteiger partial charge is 0.346 e. The fourth-order valence-electron chi connectivity index (χ4n) is 1.99. The van der Waals surface area contributed by atoms with E-state index in [0.29, 0.717) is 12.1 Å². The van der Waals surface area contributed by atoms with Gasteiger partial charge in [-0.05, 0) is 31.2 Å². The van der Waals surface area contributed by atoms with Gasteiger partial charge >= 0.3 is 0 Å². The van der Waals surface area contributed by atoms with Crippen LogP contribution in [0.3, 0.4) is 0 Å². The molecule has 0 aliphatic rings. The number of aryl methyl sites for hydroxylation is 1. The van der Waals surface area contributed by atoms with E-state index in [2.05, 4.69) is 15.3 Å². The number of thiazole rings is 1. The first-order valence-corrected chi connectivity index (χ1v) is 7.80. The van der Waals surface area contributed by atoms with Crippen LogP contribution in [-0.2, 0) is 6.54 Å². The molecule has 5 heteroatoms. The number of nitrogens with zero attached hydrogens (tertiary/aromatic N) is 2. The van der Waals surface area contributed by atoms with Crippen molar-refractivity contribution in [2.45, 2.75) is 13.5 Å². The molecule has 2 aromatic heterocycles. The summed E-state index contributed by atoms with van der Waals surface area (Å²) in [6, 6.07) is 11.4. The highest BCUT2D eigenvalue weighted by Crippen LogP contribution is 2.22. The Morgan fingerprint density at radius 1 is 1.23 bits per heavy atom. The Hall–Kier alpha value is -2.53. The van der Waals surface area contributed by atoms with E-state index >= 15 is 0 Å². The van der Waals surface area contributed by atoms with Crippen LogP contribution in [0.15, 0.2) is 54.2 Å². The molecule has 0 atom stereocenters. The third-order valence-corrected chi connectivity index (χ3v) is 4.14. The third kappa shape index (κ3) is 3.38. The van der Waals surface area contributed by atoms with Gasteiger partial charge in [0.1, 0.15) is 5.01 Å². The van der Waals surface area contributed by atoms with Crippen LogP contribution in [0.5, 0.6) is 0 Å². The van der Waals surface area contributed by atoms with Crippen molar-refractivity contribution in [3.05, 3.63) is 71.0 Å². The lowest BCUT2D eigenvalue weighted by molar-refractivity contribution is 0.0950. The topological polar surface area (TPSA) is 54.9 Å². The Morgan fingerprint density at radius 3 is 2.77 bits per heavy atom. The number of carbonyl (C=O) groups is 1. The SMILES string of the molecule is Cc1ccc(C(=O)NCc2csc(-c3cccnc3)n2)cc1. The summed E-state index contributed by atoms with van der Waals surface area (Å²) in [6.45, 7) is 2.42. The molecule has 1 amide bonds. The van der Waals surface area contributed by atoms with Gasteiger partial charge in [-0.25, -0.2) is 4.98 Å². The number of benzene rings is 1. The summed E-state index contributed by atoms with van der Waals surface area (Å²) in [5, 5.41) is 5.76. The van der Waals surface area contributed by atoms with Crippen molar-refractivity contribution < 1.29 is 4.79 Å². The van der Waals surface area contributed by atoms with Gasteiger partial charge in [0.2, 0.25) is 0 Å². The van der Waals surface area contributed by atoms with Crippen molar-refractivity contribution in [3.63, 3.8) is 0 Å². The van der Waals surface area contributed by atoms with Gasteiger partial charge in [-0.15, -0.1) is 11.3 Å². The molecule has 1 N–H and O–H groups in total. The van der Waals surface area contributed by atoms with E-state index < -0.39 is 0 Å². The van der Waals surface area contributed by atoms with Crippen LogP contribution in [0.25, 0.3) is 10.6 Å². The standard InChI is InChI=1S/C17H15N3OS/c1-12-4-6-13(7-5-12)16(21)19-10-15-11-22-17(20-15)14-3-2-8-18-9-14/h2-9,11H,10H2,1H3,(H,19,21). The van der Waals surface area contributed by atoms with Crippen molar-refractivity contribution in [3.8, 4) is 10.6 Å². The fraction of sp³-hybridized carbons (Fsp3) is 0.118. The first-order valence-electron chi connectivity index (χ1n) is 6.92. The van der Waals surface area contributed by atoms with Crippen LogP contribution in [0.4, 0.5) is 0 Å². The average molecular weight is 309 g/mol. The summed E-state index contributed by atoms with van der Waals surface area (Å²) >= 11 is 1.55. The number of hydrogen-bond donors (Lipinski definition) is 1.